The second kappa shape index (κ2) is 9.29. The highest BCUT2D eigenvalue weighted by Crippen LogP contribution is 2.30. The molecular weight excluding hydrogens is 450 g/mol. The second-order valence-electron chi connectivity index (χ2n) is 7.88. The number of nitrogens with zero attached hydrogens (tertiary/aromatic N) is 1. The minimum Gasteiger partial charge on any atom is -0.372 e. The largest absolute Gasteiger partial charge is 0.372 e. The molecule has 32 heavy (non-hydrogen) atoms. The van der Waals surface area contributed by atoms with Gasteiger partial charge in [0.05, 0.1) is 36.5 Å². The monoisotopic (exact) mass is 475 g/mol. The van der Waals surface area contributed by atoms with E-state index in [2.05, 4.69) is 0 Å². The van der Waals surface area contributed by atoms with Gasteiger partial charge in [-0.3, -0.25) is 4.18 Å². The summed E-state index contributed by atoms with van der Waals surface area (Å²) in [4.78, 5) is 0.157. The quantitative estimate of drug-likeness (QED) is 0.465. The molecule has 1 heterocycles. The van der Waals surface area contributed by atoms with E-state index in [-0.39, 0.29) is 24.2 Å². The van der Waals surface area contributed by atoms with Crippen molar-refractivity contribution < 1.29 is 25.8 Å². The number of sulfonamides is 1. The second-order valence-corrected chi connectivity index (χ2v) is 11.4. The molecule has 3 aromatic rings. The van der Waals surface area contributed by atoms with Crippen LogP contribution in [0.5, 0.6) is 0 Å². The highest BCUT2D eigenvalue weighted by atomic mass is 32.2. The Morgan fingerprint density at radius 2 is 1.59 bits per heavy atom. The van der Waals surface area contributed by atoms with E-state index in [0.717, 1.165) is 22.6 Å². The third-order valence-corrected chi connectivity index (χ3v) is 7.93. The highest BCUT2D eigenvalue weighted by Gasteiger charge is 2.41. The summed E-state index contributed by atoms with van der Waals surface area (Å²) in [5.41, 5.74) is 0.979. The van der Waals surface area contributed by atoms with Crippen LogP contribution in [0.2, 0.25) is 0 Å². The van der Waals surface area contributed by atoms with Gasteiger partial charge in [-0.15, -0.1) is 0 Å². The van der Waals surface area contributed by atoms with Crippen LogP contribution < -0.4 is 0 Å². The lowest BCUT2D eigenvalue weighted by atomic mass is 10.1. The Kier molecular flexibility index (Phi) is 6.64. The SMILES string of the molecule is CS(=O)(=O)OC[C@@H]1C[C@@H](OCc2ccccc2)CN1S(=O)(=O)c1ccc2ccccc2c1. The fourth-order valence-corrected chi connectivity index (χ4v) is 5.96. The van der Waals surface area contributed by atoms with Gasteiger partial charge in [0.15, 0.2) is 0 Å². The molecule has 0 saturated carbocycles. The molecule has 0 amide bonds. The van der Waals surface area contributed by atoms with E-state index in [4.69, 9.17) is 8.92 Å². The fourth-order valence-electron chi connectivity index (χ4n) is 3.87. The van der Waals surface area contributed by atoms with Crippen LogP contribution in [0.4, 0.5) is 0 Å². The standard InChI is InChI=1S/C23H25NO6S2/c1-31(25,26)30-17-21-14-22(29-16-18-7-3-2-4-8-18)15-24(21)32(27,28)23-12-11-19-9-5-6-10-20(19)13-23/h2-13,21-22H,14-17H2,1H3/t21-,22+/m0/s1. The van der Waals surface area contributed by atoms with Crippen LogP contribution in [0.25, 0.3) is 10.8 Å². The molecule has 170 valence electrons. The third kappa shape index (κ3) is 5.36. The van der Waals surface area contributed by atoms with E-state index >= 15 is 0 Å². The summed E-state index contributed by atoms with van der Waals surface area (Å²) in [5, 5.41) is 1.75. The molecule has 1 saturated heterocycles. The lowest BCUT2D eigenvalue weighted by molar-refractivity contribution is 0.0497. The Balaban J connectivity index is 1.58. The van der Waals surface area contributed by atoms with E-state index in [1.807, 2.05) is 54.6 Å². The maximum absolute atomic E-state index is 13.5. The smallest absolute Gasteiger partial charge is 0.264 e. The van der Waals surface area contributed by atoms with E-state index in [0.29, 0.717) is 13.0 Å². The van der Waals surface area contributed by atoms with E-state index in [1.165, 1.54) is 4.31 Å². The van der Waals surface area contributed by atoms with E-state index < -0.39 is 26.2 Å². The van der Waals surface area contributed by atoms with Crippen molar-refractivity contribution >= 4 is 30.9 Å². The van der Waals surface area contributed by atoms with Crippen LogP contribution in [0.3, 0.4) is 0 Å². The maximum atomic E-state index is 13.5. The Hall–Kier alpha value is -2.30. The van der Waals surface area contributed by atoms with Gasteiger partial charge in [-0.1, -0.05) is 60.7 Å². The Morgan fingerprint density at radius 1 is 0.906 bits per heavy atom. The topological polar surface area (TPSA) is 90.0 Å². The molecule has 0 spiro atoms. The number of hydrogen-bond donors (Lipinski definition) is 0. The zero-order chi connectivity index (χ0) is 22.8. The molecule has 0 aliphatic carbocycles. The Morgan fingerprint density at radius 3 is 2.31 bits per heavy atom. The fraction of sp³-hybridized carbons (Fsp3) is 0.304. The summed E-state index contributed by atoms with van der Waals surface area (Å²) in [6.07, 6.45) is 0.918. The van der Waals surface area contributed by atoms with E-state index in [9.17, 15) is 16.8 Å². The minimum absolute atomic E-state index is 0.125. The summed E-state index contributed by atoms with van der Waals surface area (Å²) in [5.74, 6) is 0. The molecule has 3 aromatic carbocycles. The third-order valence-electron chi connectivity index (χ3n) is 5.46. The first kappa shape index (κ1) is 22.9. The van der Waals surface area contributed by atoms with Gasteiger partial charge in [0.1, 0.15) is 0 Å². The van der Waals surface area contributed by atoms with Gasteiger partial charge in [-0.2, -0.15) is 12.7 Å². The average Bonchev–Trinajstić information content (AvgIpc) is 3.20. The summed E-state index contributed by atoms with van der Waals surface area (Å²) < 4.78 is 62.3. The average molecular weight is 476 g/mol. The van der Waals surface area contributed by atoms with Gasteiger partial charge >= 0.3 is 0 Å². The van der Waals surface area contributed by atoms with Gasteiger partial charge in [0, 0.05) is 6.54 Å². The summed E-state index contributed by atoms with van der Waals surface area (Å²) in [6, 6.07) is 21.4. The summed E-state index contributed by atoms with van der Waals surface area (Å²) in [6.45, 7) is 0.214. The molecular formula is C23H25NO6S2. The summed E-state index contributed by atoms with van der Waals surface area (Å²) >= 11 is 0. The van der Waals surface area contributed by atoms with Crippen LogP contribution in [-0.4, -0.2) is 52.7 Å². The molecule has 4 rings (SSSR count). The molecule has 2 atom stereocenters. The van der Waals surface area contributed by atoms with Crippen molar-refractivity contribution in [2.45, 2.75) is 30.1 Å². The van der Waals surface area contributed by atoms with Crippen molar-refractivity contribution in [3.05, 3.63) is 78.4 Å². The molecule has 9 heteroatoms. The van der Waals surface area contributed by atoms with Gasteiger partial charge in [0.2, 0.25) is 10.0 Å². The predicted octanol–water partition coefficient (Wildman–Crippen LogP) is 3.16. The molecule has 0 bridgehead atoms. The normalized spacial score (nSPS) is 20.0. The maximum Gasteiger partial charge on any atom is 0.264 e. The number of hydrogen-bond acceptors (Lipinski definition) is 6. The van der Waals surface area contributed by atoms with E-state index in [1.54, 1.807) is 18.2 Å². The molecule has 0 N–H and O–H groups in total. The molecule has 7 nitrogen and oxygen atoms in total. The van der Waals surface area contributed by atoms with Crippen molar-refractivity contribution in [2.75, 3.05) is 19.4 Å². The number of benzene rings is 3. The first-order valence-corrected chi connectivity index (χ1v) is 13.5. The van der Waals surface area contributed by atoms with Crippen LogP contribution in [0.1, 0.15) is 12.0 Å². The van der Waals surface area contributed by atoms with Crippen molar-refractivity contribution in [3.63, 3.8) is 0 Å². The predicted molar refractivity (Wildman–Crippen MR) is 122 cm³/mol. The lowest BCUT2D eigenvalue weighted by Crippen LogP contribution is -2.39. The van der Waals surface area contributed by atoms with Crippen molar-refractivity contribution in [3.8, 4) is 0 Å². The molecule has 0 radical (unpaired) electrons. The number of fused-ring (bicyclic) bond motifs is 1. The summed E-state index contributed by atoms with van der Waals surface area (Å²) in [7, 11) is -7.59. The lowest BCUT2D eigenvalue weighted by Gasteiger charge is -2.23. The molecule has 1 aliphatic rings. The first-order chi connectivity index (χ1) is 15.2. The molecule has 0 unspecified atom stereocenters. The number of ether oxygens (including phenoxy) is 1. The molecule has 0 aromatic heterocycles. The van der Waals surface area contributed by atoms with Crippen molar-refractivity contribution in [1.29, 1.82) is 0 Å². The zero-order valence-corrected chi connectivity index (χ0v) is 19.3. The van der Waals surface area contributed by atoms with Crippen LogP contribution in [0.15, 0.2) is 77.7 Å². The van der Waals surface area contributed by atoms with Gasteiger partial charge in [-0.25, -0.2) is 8.42 Å². The first-order valence-electron chi connectivity index (χ1n) is 10.2. The van der Waals surface area contributed by atoms with Gasteiger partial charge in [-0.05, 0) is 34.9 Å². The van der Waals surface area contributed by atoms with Crippen molar-refractivity contribution in [1.82, 2.24) is 4.31 Å². The van der Waals surface area contributed by atoms with Gasteiger partial charge < -0.3 is 4.74 Å². The van der Waals surface area contributed by atoms with Crippen LogP contribution in [0, 0.1) is 0 Å². The number of rotatable bonds is 8. The van der Waals surface area contributed by atoms with Gasteiger partial charge in [0.25, 0.3) is 10.1 Å². The highest BCUT2D eigenvalue weighted by molar-refractivity contribution is 7.89. The Labute approximate surface area is 188 Å². The minimum atomic E-state index is -3.88. The van der Waals surface area contributed by atoms with Crippen LogP contribution >= 0.6 is 0 Å². The molecule has 1 fully saturated rings. The molecule has 1 aliphatic heterocycles. The van der Waals surface area contributed by atoms with Crippen LogP contribution in [-0.2, 0) is 35.7 Å². The van der Waals surface area contributed by atoms with Crippen molar-refractivity contribution in [2.24, 2.45) is 0 Å². The Bertz CT molecular complexity index is 1290. The zero-order valence-electron chi connectivity index (χ0n) is 17.6.